The van der Waals surface area contributed by atoms with E-state index in [2.05, 4.69) is 68.7 Å². The van der Waals surface area contributed by atoms with Crippen LogP contribution in [0.25, 0.3) is 0 Å². The highest BCUT2D eigenvalue weighted by Crippen LogP contribution is 2.22. The van der Waals surface area contributed by atoms with Gasteiger partial charge in [0.1, 0.15) is 0 Å². The lowest BCUT2D eigenvalue weighted by Crippen LogP contribution is -2.39. The molecule has 0 bridgehead atoms. The molecule has 0 amide bonds. The molecule has 3 heteroatoms. The number of thioether (sulfide) groups is 1. The van der Waals surface area contributed by atoms with Gasteiger partial charge in [0.05, 0.1) is 0 Å². The Balaban J connectivity index is 1.98. The summed E-state index contributed by atoms with van der Waals surface area (Å²) in [5, 5.41) is 0. The second kappa shape index (κ2) is 7.64. The molecule has 0 aliphatic rings. The quantitative estimate of drug-likeness (QED) is 0.484. The van der Waals surface area contributed by atoms with Crippen molar-refractivity contribution in [2.45, 2.75) is 38.1 Å². The van der Waals surface area contributed by atoms with Crippen molar-refractivity contribution in [3.8, 4) is 0 Å². The zero-order valence-corrected chi connectivity index (χ0v) is 13.8. The van der Waals surface area contributed by atoms with Crippen molar-refractivity contribution in [3.63, 3.8) is 0 Å². The summed E-state index contributed by atoms with van der Waals surface area (Å²) >= 11 is 1.85. The van der Waals surface area contributed by atoms with E-state index in [1.165, 1.54) is 27.1 Å². The van der Waals surface area contributed by atoms with Gasteiger partial charge < -0.3 is 0 Å². The summed E-state index contributed by atoms with van der Waals surface area (Å²) in [5.74, 6) is 6.71. The Hall–Kier alpha value is -1.29. The monoisotopic (exact) mass is 300 g/mol. The van der Waals surface area contributed by atoms with Crippen LogP contribution in [0.3, 0.4) is 0 Å². The number of rotatable bonds is 6. The fourth-order valence-electron chi connectivity index (χ4n) is 2.41. The van der Waals surface area contributed by atoms with Crippen LogP contribution in [-0.2, 0) is 6.42 Å². The van der Waals surface area contributed by atoms with E-state index < -0.39 is 0 Å². The first kappa shape index (κ1) is 16.1. The van der Waals surface area contributed by atoms with Gasteiger partial charge in [-0.25, -0.2) is 0 Å². The van der Waals surface area contributed by atoms with Crippen LogP contribution in [-0.4, -0.2) is 11.8 Å². The molecule has 0 spiro atoms. The molecule has 0 heterocycles. The average Bonchev–Trinajstić information content (AvgIpc) is 2.48. The fourth-order valence-corrected chi connectivity index (χ4v) is 3.35. The van der Waals surface area contributed by atoms with Crippen molar-refractivity contribution >= 4 is 11.8 Å². The van der Waals surface area contributed by atoms with E-state index in [0.717, 1.165) is 12.2 Å². The Morgan fingerprint density at radius 3 is 2.19 bits per heavy atom. The van der Waals surface area contributed by atoms with Crippen molar-refractivity contribution in [1.82, 2.24) is 5.43 Å². The minimum absolute atomic E-state index is 0.274. The van der Waals surface area contributed by atoms with Crippen LogP contribution in [0.1, 0.15) is 22.3 Å². The second-order valence-electron chi connectivity index (χ2n) is 5.56. The molecule has 0 aliphatic carbocycles. The SMILES string of the molecule is Cc1ccc(SCC(Cc2c(C)cccc2C)NN)cc1. The third-order valence-electron chi connectivity index (χ3n) is 3.80. The number of nitrogens with one attached hydrogen (secondary N) is 1. The van der Waals surface area contributed by atoms with Gasteiger partial charge in [-0.15, -0.1) is 11.8 Å². The molecule has 0 radical (unpaired) electrons. The highest BCUT2D eigenvalue weighted by Gasteiger charge is 2.12. The molecule has 1 unspecified atom stereocenters. The zero-order chi connectivity index (χ0) is 15.2. The molecule has 0 aromatic heterocycles. The summed E-state index contributed by atoms with van der Waals surface area (Å²) in [6, 6.07) is 15.4. The molecule has 21 heavy (non-hydrogen) atoms. The first-order valence-corrected chi connectivity index (χ1v) is 8.29. The third-order valence-corrected chi connectivity index (χ3v) is 4.98. The Labute approximate surface area is 132 Å². The van der Waals surface area contributed by atoms with Crippen LogP contribution >= 0.6 is 11.8 Å². The molecule has 2 aromatic carbocycles. The molecule has 0 saturated carbocycles. The molecule has 0 fully saturated rings. The van der Waals surface area contributed by atoms with E-state index in [4.69, 9.17) is 5.84 Å². The standard InChI is InChI=1S/C18H24N2S/c1-13-7-9-17(10-8-13)21-12-16(20-19)11-18-14(2)5-4-6-15(18)3/h4-10,16,20H,11-12,19H2,1-3H3. The van der Waals surface area contributed by atoms with Crippen molar-refractivity contribution in [1.29, 1.82) is 0 Å². The van der Waals surface area contributed by atoms with Crippen molar-refractivity contribution in [2.75, 3.05) is 5.75 Å². The molecular weight excluding hydrogens is 276 g/mol. The number of benzene rings is 2. The Bertz CT molecular complexity index is 558. The van der Waals surface area contributed by atoms with Crippen molar-refractivity contribution in [2.24, 2.45) is 5.84 Å². The predicted molar refractivity (Wildman–Crippen MR) is 92.6 cm³/mol. The molecular formula is C18H24N2S. The maximum atomic E-state index is 5.75. The third kappa shape index (κ3) is 4.60. The molecule has 0 aliphatic heterocycles. The van der Waals surface area contributed by atoms with Gasteiger partial charge in [0.2, 0.25) is 0 Å². The maximum Gasteiger partial charge on any atom is 0.0345 e. The van der Waals surface area contributed by atoms with E-state index in [1.54, 1.807) is 0 Å². The Morgan fingerprint density at radius 1 is 1.00 bits per heavy atom. The molecule has 3 N–H and O–H groups in total. The van der Waals surface area contributed by atoms with Gasteiger partial charge in [-0.1, -0.05) is 35.9 Å². The summed E-state index contributed by atoms with van der Waals surface area (Å²) in [6.07, 6.45) is 0.966. The fraction of sp³-hybridized carbons (Fsp3) is 0.333. The molecule has 1 atom stereocenters. The summed E-state index contributed by atoms with van der Waals surface area (Å²) in [5.41, 5.74) is 8.35. The van der Waals surface area contributed by atoms with Gasteiger partial charge in [0, 0.05) is 16.7 Å². The Kier molecular flexibility index (Phi) is 5.85. The average molecular weight is 300 g/mol. The molecule has 112 valence electrons. The molecule has 2 rings (SSSR count). The first-order valence-electron chi connectivity index (χ1n) is 7.31. The number of aryl methyl sites for hydroxylation is 3. The Morgan fingerprint density at radius 2 is 1.62 bits per heavy atom. The van der Waals surface area contributed by atoms with Crippen LogP contribution in [0.2, 0.25) is 0 Å². The van der Waals surface area contributed by atoms with Crippen LogP contribution in [0.4, 0.5) is 0 Å². The van der Waals surface area contributed by atoms with Gasteiger partial charge in [-0.05, 0) is 56.0 Å². The first-order chi connectivity index (χ1) is 10.1. The number of hydrogen-bond donors (Lipinski definition) is 2. The maximum absolute atomic E-state index is 5.75. The normalized spacial score (nSPS) is 12.4. The molecule has 2 nitrogen and oxygen atoms in total. The van der Waals surface area contributed by atoms with Gasteiger partial charge in [-0.3, -0.25) is 11.3 Å². The van der Waals surface area contributed by atoms with Gasteiger partial charge in [0.15, 0.2) is 0 Å². The lowest BCUT2D eigenvalue weighted by molar-refractivity contribution is 0.573. The van der Waals surface area contributed by atoms with Crippen molar-refractivity contribution in [3.05, 3.63) is 64.7 Å². The van der Waals surface area contributed by atoms with Crippen molar-refractivity contribution < 1.29 is 0 Å². The smallest absolute Gasteiger partial charge is 0.0345 e. The topological polar surface area (TPSA) is 38.0 Å². The summed E-state index contributed by atoms with van der Waals surface area (Å²) < 4.78 is 0. The minimum Gasteiger partial charge on any atom is -0.271 e. The van der Waals surface area contributed by atoms with Gasteiger partial charge >= 0.3 is 0 Å². The number of hydrogen-bond acceptors (Lipinski definition) is 3. The van der Waals surface area contributed by atoms with E-state index >= 15 is 0 Å². The summed E-state index contributed by atoms with van der Waals surface area (Å²) in [6.45, 7) is 6.45. The second-order valence-corrected chi connectivity index (χ2v) is 6.66. The largest absolute Gasteiger partial charge is 0.271 e. The van der Waals surface area contributed by atoms with Gasteiger partial charge in [0.25, 0.3) is 0 Å². The molecule has 0 saturated heterocycles. The highest BCUT2D eigenvalue weighted by molar-refractivity contribution is 7.99. The van der Waals surface area contributed by atoms with Gasteiger partial charge in [-0.2, -0.15) is 0 Å². The minimum atomic E-state index is 0.274. The summed E-state index contributed by atoms with van der Waals surface area (Å²) in [4.78, 5) is 1.29. The van der Waals surface area contributed by atoms with Crippen LogP contribution in [0, 0.1) is 20.8 Å². The lowest BCUT2D eigenvalue weighted by Gasteiger charge is -2.18. The van der Waals surface area contributed by atoms with E-state index in [9.17, 15) is 0 Å². The van der Waals surface area contributed by atoms with E-state index in [0.29, 0.717) is 0 Å². The molecule has 2 aromatic rings. The van der Waals surface area contributed by atoms with E-state index in [1.807, 2.05) is 11.8 Å². The highest BCUT2D eigenvalue weighted by atomic mass is 32.2. The lowest BCUT2D eigenvalue weighted by atomic mass is 9.97. The van der Waals surface area contributed by atoms with Crippen LogP contribution in [0.5, 0.6) is 0 Å². The number of nitrogens with two attached hydrogens (primary N) is 1. The van der Waals surface area contributed by atoms with E-state index in [-0.39, 0.29) is 6.04 Å². The predicted octanol–water partition coefficient (Wildman–Crippen LogP) is 3.78. The zero-order valence-electron chi connectivity index (χ0n) is 13.0. The summed E-state index contributed by atoms with van der Waals surface area (Å²) in [7, 11) is 0. The van der Waals surface area contributed by atoms with Crippen LogP contribution < -0.4 is 11.3 Å². The number of hydrazine groups is 1. The van der Waals surface area contributed by atoms with Crippen LogP contribution in [0.15, 0.2) is 47.4 Å².